The normalized spacial score (nSPS) is 18.8. The van der Waals surface area contributed by atoms with Gasteiger partial charge in [0, 0.05) is 31.0 Å². The van der Waals surface area contributed by atoms with Crippen molar-refractivity contribution in [3.63, 3.8) is 0 Å². The maximum absolute atomic E-state index is 12.6. The number of aromatic nitrogens is 1. The molecular formula is C21H22N4O3S. The molecule has 0 aliphatic carbocycles. The first kappa shape index (κ1) is 19.4. The number of amidine groups is 1. The summed E-state index contributed by atoms with van der Waals surface area (Å²) in [6, 6.07) is 7.73. The molecule has 2 aliphatic heterocycles. The lowest BCUT2D eigenvalue weighted by Crippen LogP contribution is -2.33. The van der Waals surface area contributed by atoms with Gasteiger partial charge in [-0.05, 0) is 61.4 Å². The van der Waals surface area contributed by atoms with E-state index in [1.54, 1.807) is 13.2 Å². The van der Waals surface area contributed by atoms with Gasteiger partial charge in [0.1, 0.15) is 11.6 Å². The molecule has 2 aromatic rings. The van der Waals surface area contributed by atoms with Gasteiger partial charge in [-0.15, -0.1) is 0 Å². The Morgan fingerprint density at radius 1 is 1.24 bits per heavy atom. The smallest absolute Gasteiger partial charge is 0.273 e. The van der Waals surface area contributed by atoms with E-state index < -0.39 is 11.8 Å². The lowest BCUT2D eigenvalue weighted by Gasteiger charge is -2.29. The highest BCUT2D eigenvalue weighted by Gasteiger charge is 2.35. The molecule has 2 amide bonds. The molecule has 150 valence electrons. The summed E-state index contributed by atoms with van der Waals surface area (Å²) >= 11 is 1.00. The molecule has 0 bridgehead atoms. The van der Waals surface area contributed by atoms with Crippen LogP contribution in [0.25, 0.3) is 17.0 Å². The van der Waals surface area contributed by atoms with Crippen LogP contribution in [0.4, 0.5) is 5.82 Å². The van der Waals surface area contributed by atoms with Gasteiger partial charge >= 0.3 is 0 Å². The molecule has 2 aliphatic rings. The number of nitrogens with zero attached hydrogens (tertiary/aromatic N) is 3. The Bertz CT molecular complexity index is 1040. The van der Waals surface area contributed by atoms with E-state index in [0.29, 0.717) is 4.91 Å². The Hall–Kier alpha value is -2.87. The third kappa shape index (κ3) is 3.72. The highest BCUT2D eigenvalue weighted by Crippen LogP contribution is 2.35. The number of pyridine rings is 1. The number of hydrogen-bond acceptors (Lipinski definition) is 7. The van der Waals surface area contributed by atoms with Crippen molar-refractivity contribution >= 4 is 51.5 Å². The van der Waals surface area contributed by atoms with E-state index in [9.17, 15) is 9.59 Å². The van der Waals surface area contributed by atoms with E-state index in [4.69, 9.17) is 15.1 Å². The number of imide groups is 1. The van der Waals surface area contributed by atoms with Crippen LogP contribution < -0.4 is 9.64 Å². The van der Waals surface area contributed by atoms with Crippen LogP contribution in [0.2, 0.25) is 0 Å². The molecule has 29 heavy (non-hydrogen) atoms. The molecule has 0 spiro atoms. The molecule has 1 N–H and O–H groups in total. The molecule has 4 rings (SSSR count). The van der Waals surface area contributed by atoms with Gasteiger partial charge in [-0.25, -0.2) is 9.88 Å². The summed E-state index contributed by atoms with van der Waals surface area (Å²) in [5.74, 6) is 0.659. The summed E-state index contributed by atoms with van der Waals surface area (Å²) in [7, 11) is 1.62. The highest BCUT2D eigenvalue weighted by molar-refractivity contribution is 8.18. The number of rotatable bonds is 3. The van der Waals surface area contributed by atoms with E-state index in [-0.39, 0.29) is 5.17 Å². The topological polar surface area (TPSA) is 86.6 Å². The third-order valence-electron chi connectivity index (χ3n) is 5.11. The fraction of sp³-hybridized carbons (Fsp3) is 0.333. The monoisotopic (exact) mass is 410 g/mol. The molecule has 0 atom stereocenters. The molecule has 3 heterocycles. The van der Waals surface area contributed by atoms with E-state index in [2.05, 4.69) is 4.90 Å². The number of thioether (sulfide) groups is 1. The number of benzene rings is 1. The second-order valence-corrected chi connectivity index (χ2v) is 8.11. The SMILES string of the molecule is COc1ccc2nc(N3CCCCC3)c(C=C3SC(=N)N(C(C)=O)C3=O)cc2c1. The minimum absolute atomic E-state index is 0.0660. The maximum atomic E-state index is 12.6. The van der Waals surface area contributed by atoms with Crippen molar-refractivity contribution in [1.82, 2.24) is 9.88 Å². The number of fused-ring (bicyclic) bond motifs is 1. The first-order chi connectivity index (χ1) is 14.0. The third-order valence-corrected chi connectivity index (χ3v) is 6.00. The van der Waals surface area contributed by atoms with Crippen LogP contribution in [0.15, 0.2) is 29.2 Å². The Balaban J connectivity index is 1.83. The number of anilines is 1. The number of methoxy groups -OCH3 is 1. The first-order valence-electron chi connectivity index (χ1n) is 9.55. The first-order valence-corrected chi connectivity index (χ1v) is 10.4. The summed E-state index contributed by atoms with van der Waals surface area (Å²) in [6.45, 7) is 3.13. The van der Waals surface area contributed by atoms with Crippen molar-refractivity contribution in [1.29, 1.82) is 5.41 Å². The number of piperidine rings is 1. The van der Waals surface area contributed by atoms with Crippen molar-refractivity contribution in [2.24, 2.45) is 0 Å². The quantitative estimate of drug-likeness (QED) is 0.778. The number of amides is 2. The minimum Gasteiger partial charge on any atom is -0.497 e. The van der Waals surface area contributed by atoms with Crippen molar-refractivity contribution in [3.05, 3.63) is 34.7 Å². The summed E-state index contributed by atoms with van der Waals surface area (Å²) in [5, 5.41) is 8.80. The van der Waals surface area contributed by atoms with Crippen LogP contribution in [-0.4, -0.2) is 47.1 Å². The Kier molecular flexibility index (Phi) is 5.27. The number of carbonyl (C=O) groups excluding carboxylic acids is 2. The highest BCUT2D eigenvalue weighted by atomic mass is 32.2. The van der Waals surface area contributed by atoms with Crippen LogP contribution in [0.5, 0.6) is 5.75 Å². The van der Waals surface area contributed by atoms with Gasteiger partial charge in [0.05, 0.1) is 17.5 Å². The van der Waals surface area contributed by atoms with Gasteiger partial charge in [-0.1, -0.05) is 0 Å². The lowest BCUT2D eigenvalue weighted by molar-refractivity contribution is -0.135. The molecule has 7 nitrogen and oxygen atoms in total. The fourth-order valence-corrected chi connectivity index (χ4v) is 4.54. The van der Waals surface area contributed by atoms with Crippen molar-refractivity contribution in [2.45, 2.75) is 26.2 Å². The Morgan fingerprint density at radius 2 is 2.00 bits per heavy atom. The van der Waals surface area contributed by atoms with Crippen LogP contribution in [-0.2, 0) is 9.59 Å². The van der Waals surface area contributed by atoms with E-state index in [1.165, 1.54) is 13.3 Å². The van der Waals surface area contributed by atoms with Crippen LogP contribution in [0.3, 0.4) is 0 Å². The molecule has 2 saturated heterocycles. The predicted molar refractivity (Wildman–Crippen MR) is 115 cm³/mol. The van der Waals surface area contributed by atoms with E-state index in [0.717, 1.165) is 70.6 Å². The second-order valence-electron chi connectivity index (χ2n) is 7.08. The number of nitrogens with one attached hydrogen (secondary N) is 1. The number of ether oxygens (including phenoxy) is 1. The predicted octanol–water partition coefficient (Wildman–Crippen LogP) is 3.63. The summed E-state index contributed by atoms with van der Waals surface area (Å²) in [6.07, 6.45) is 5.17. The van der Waals surface area contributed by atoms with Crippen molar-refractivity contribution in [3.8, 4) is 5.75 Å². The summed E-state index contributed by atoms with van der Waals surface area (Å²) in [5.41, 5.74) is 1.67. The Labute approximate surface area is 173 Å². The zero-order chi connectivity index (χ0) is 20.5. The van der Waals surface area contributed by atoms with Crippen LogP contribution >= 0.6 is 11.8 Å². The largest absolute Gasteiger partial charge is 0.497 e. The molecule has 1 aromatic heterocycles. The average Bonchev–Trinajstić information content (AvgIpc) is 3.00. The summed E-state index contributed by atoms with van der Waals surface area (Å²) in [4.78, 5) is 32.7. The molecular weight excluding hydrogens is 388 g/mol. The fourth-order valence-electron chi connectivity index (χ4n) is 3.67. The van der Waals surface area contributed by atoms with E-state index in [1.807, 2.05) is 24.3 Å². The zero-order valence-electron chi connectivity index (χ0n) is 16.4. The number of carbonyl (C=O) groups is 2. The molecule has 2 fully saturated rings. The van der Waals surface area contributed by atoms with Gasteiger partial charge < -0.3 is 9.64 Å². The van der Waals surface area contributed by atoms with Crippen molar-refractivity contribution < 1.29 is 14.3 Å². The van der Waals surface area contributed by atoms with Crippen LogP contribution in [0.1, 0.15) is 31.7 Å². The molecule has 8 heteroatoms. The second kappa shape index (κ2) is 7.87. The average molecular weight is 410 g/mol. The minimum atomic E-state index is -0.456. The van der Waals surface area contributed by atoms with E-state index >= 15 is 0 Å². The van der Waals surface area contributed by atoms with Gasteiger partial charge in [0.25, 0.3) is 5.91 Å². The number of hydrogen-bond donors (Lipinski definition) is 1. The lowest BCUT2D eigenvalue weighted by atomic mass is 10.1. The zero-order valence-corrected chi connectivity index (χ0v) is 17.2. The van der Waals surface area contributed by atoms with Gasteiger partial charge in [-0.3, -0.25) is 15.0 Å². The maximum Gasteiger partial charge on any atom is 0.273 e. The van der Waals surface area contributed by atoms with Gasteiger partial charge in [0.2, 0.25) is 5.91 Å². The van der Waals surface area contributed by atoms with Crippen LogP contribution in [0, 0.1) is 5.41 Å². The van der Waals surface area contributed by atoms with Gasteiger partial charge in [-0.2, -0.15) is 0 Å². The molecule has 0 unspecified atom stereocenters. The standard InChI is InChI=1S/C21H22N4O3S/c1-13(26)25-20(27)18(29-21(25)22)12-15-10-14-11-16(28-2)6-7-17(14)23-19(15)24-8-4-3-5-9-24/h6-7,10-12,22H,3-5,8-9H2,1-2H3. The molecule has 1 aromatic carbocycles. The molecule has 0 saturated carbocycles. The van der Waals surface area contributed by atoms with Crippen molar-refractivity contribution in [2.75, 3.05) is 25.1 Å². The summed E-state index contributed by atoms with van der Waals surface area (Å²) < 4.78 is 5.33. The molecule has 0 radical (unpaired) electrons. The van der Waals surface area contributed by atoms with Gasteiger partial charge in [0.15, 0.2) is 5.17 Å². The Morgan fingerprint density at radius 3 is 2.66 bits per heavy atom.